The number of carbonyl (C=O) groups is 3. The van der Waals surface area contributed by atoms with Crippen molar-refractivity contribution in [2.45, 2.75) is 174 Å². The Hall–Kier alpha value is -1.63. The molecule has 0 fully saturated rings. The minimum Gasteiger partial charge on any atom is -0.516 e. The van der Waals surface area contributed by atoms with Crippen molar-refractivity contribution in [3.8, 4) is 0 Å². The largest absolute Gasteiger partial charge is 0.516 e. The van der Waals surface area contributed by atoms with Crippen LogP contribution in [-0.2, 0) is 28.3 Å². The number of rotatable bonds is 27. The van der Waals surface area contributed by atoms with Crippen LogP contribution >= 0.6 is 0 Å². The molecule has 0 aliphatic carbocycles. The second-order valence-electron chi connectivity index (χ2n) is 11.3. The van der Waals surface area contributed by atoms with Crippen LogP contribution in [0.2, 0.25) is 18.1 Å². The molecule has 0 aliphatic heterocycles. The van der Waals surface area contributed by atoms with E-state index in [4.69, 9.17) is 13.9 Å². The third-order valence-corrected chi connectivity index (χ3v) is 11.9. The topological polar surface area (TPSA) is 78.9 Å². The highest BCUT2D eigenvalue weighted by atomic mass is 28.4. The summed E-state index contributed by atoms with van der Waals surface area (Å²) < 4.78 is 17.2. The van der Waals surface area contributed by atoms with Gasteiger partial charge in [0.2, 0.25) is 0 Å². The SMILES string of the molecule is CCCCCCOC(=O)/C=C/C(=O)OC(CCC)C(=O)O[Si](CCCCCC)(CCCCCC)CCCCCC. The van der Waals surface area contributed by atoms with E-state index < -0.39 is 32.3 Å². The standard InChI is InChI=1S/C33H62O6Si/c1-6-11-15-19-26-37-31(34)24-25-32(35)38-30(23-10-5)33(36)39-40(27-20-16-12-7-2,28-21-17-13-8-3)29-22-18-14-9-4/h24-25,30H,6-23,26-29H2,1-5H3/b25-24+. The van der Waals surface area contributed by atoms with Crippen molar-refractivity contribution in [3.63, 3.8) is 0 Å². The zero-order chi connectivity index (χ0) is 29.9. The second-order valence-corrected chi connectivity index (χ2v) is 15.4. The van der Waals surface area contributed by atoms with Crippen LogP contribution in [0.15, 0.2) is 12.2 Å². The average Bonchev–Trinajstić information content (AvgIpc) is 2.94. The monoisotopic (exact) mass is 582 g/mol. The third-order valence-electron chi connectivity index (χ3n) is 7.44. The van der Waals surface area contributed by atoms with Crippen LogP contribution in [0.4, 0.5) is 0 Å². The van der Waals surface area contributed by atoms with Gasteiger partial charge in [-0.2, -0.15) is 0 Å². The lowest BCUT2D eigenvalue weighted by atomic mass is 10.2. The van der Waals surface area contributed by atoms with Crippen LogP contribution in [0.3, 0.4) is 0 Å². The van der Waals surface area contributed by atoms with Gasteiger partial charge in [-0.05, 0) is 31.0 Å². The van der Waals surface area contributed by atoms with Crippen LogP contribution in [0.5, 0.6) is 0 Å². The molecule has 1 atom stereocenters. The minimum atomic E-state index is -2.35. The lowest BCUT2D eigenvalue weighted by molar-refractivity contribution is -0.160. The summed E-state index contributed by atoms with van der Waals surface area (Å²) in [6.45, 7) is 11.1. The van der Waals surface area contributed by atoms with Gasteiger partial charge in [0.15, 0.2) is 6.10 Å². The summed E-state index contributed by atoms with van der Waals surface area (Å²) in [6, 6.07) is 2.98. The summed E-state index contributed by atoms with van der Waals surface area (Å²) in [5.74, 6) is -1.67. The van der Waals surface area contributed by atoms with Gasteiger partial charge in [-0.15, -0.1) is 0 Å². The molecule has 6 nitrogen and oxygen atoms in total. The lowest BCUT2D eigenvalue weighted by Gasteiger charge is -2.33. The molecule has 0 saturated heterocycles. The molecule has 234 valence electrons. The van der Waals surface area contributed by atoms with Gasteiger partial charge in [-0.1, -0.05) is 137 Å². The zero-order valence-electron chi connectivity index (χ0n) is 26.7. The molecule has 0 heterocycles. The first-order chi connectivity index (χ1) is 19.4. The van der Waals surface area contributed by atoms with Crippen LogP contribution in [0.25, 0.3) is 0 Å². The van der Waals surface area contributed by atoms with Crippen molar-refractivity contribution in [2.24, 2.45) is 0 Å². The van der Waals surface area contributed by atoms with E-state index in [9.17, 15) is 14.4 Å². The molecule has 0 aromatic rings. The van der Waals surface area contributed by atoms with E-state index in [0.717, 1.165) is 75.2 Å². The molecule has 0 bridgehead atoms. The summed E-state index contributed by atoms with van der Waals surface area (Å²) in [4.78, 5) is 38.0. The Kier molecular flexibility index (Phi) is 25.2. The normalized spacial score (nSPS) is 12.4. The smallest absolute Gasteiger partial charge is 0.334 e. The first kappa shape index (κ1) is 38.4. The van der Waals surface area contributed by atoms with E-state index >= 15 is 0 Å². The second kappa shape index (κ2) is 26.3. The maximum atomic E-state index is 13.5. The Morgan fingerprint density at radius 1 is 0.575 bits per heavy atom. The van der Waals surface area contributed by atoms with Gasteiger partial charge in [0, 0.05) is 12.2 Å². The Balaban J connectivity index is 5.40. The predicted octanol–water partition coefficient (Wildman–Crippen LogP) is 9.61. The van der Waals surface area contributed by atoms with Gasteiger partial charge in [0.05, 0.1) is 6.61 Å². The molecule has 0 aliphatic rings. The maximum Gasteiger partial charge on any atom is 0.334 e. The van der Waals surface area contributed by atoms with Gasteiger partial charge >= 0.3 is 17.9 Å². The molecule has 1 unspecified atom stereocenters. The molecule has 0 amide bonds. The molecular weight excluding hydrogens is 520 g/mol. The Bertz CT molecular complexity index is 647. The molecule has 7 heteroatoms. The Labute approximate surface area is 247 Å². The Morgan fingerprint density at radius 3 is 1.48 bits per heavy atom. The minimum absolute atomic E-state index is 0.338. The number of hydrogen-bond donors (Lipinski definition) is 0. The number of unbranched alkanes of at least 4 members (excludes halogenated alkanes) is 12. The predicted molar refractivity (Wildman–Crippen MR) is 168 cm³/mol. The summed E-state index contributed by atoms with van der Waals surface area (Å²) in [7, 11) is -2.35. The van der Waals surface area contributed by atoms with E-state index in [1.807, 2.05) is 6.92 Å². The van der Waals surface area contributed by atoms with Gasteiger partial charge in [-0.25, -0.2) is 14.4 Å². The van der Waals surface area contributed by atoms with Gasteiger partial charge in [0.1, 0.15) is 0 Å². The molecule has 0 aromatic heterocycles. The van der Waals surface area contributed by atoms with Crippen LogP contribution in [0, 0.1) is 0 Å². The van der Waals surface area contributed by atoms with Crippen molar-refractivity contribution < 1.29 is 28.3 Å². The molecule has 0 rings (SSSR count). The summed E-state index contributed by atoms with van der Waals surface area (Å²) in [5, 5.41) is 0. The highest BCUT2D eigenvalue weighted by Gasteiger charge is 2.39. The maximum absolute atomic E-state index is 13.5. The fraction of sp³-hybridized carbons (Fsp3) is 0.848. The number of hydrogen-bond acceptors (Lipinski definition) is 6. The number of carbonyl (C=O) groups excluding carboxylic acids is 3. The fourth-order valence-corrected chi connectivity index (χ4v) is 9.28. The fourth-order valence-electron chi connectivity index (χ4n) is 4.98. The van der Waals surface area contributed by atoms with Crippen molar-refractivity contribution in [1.82, 2.24) is 0 Å². The van der Waals surface area contributed by atoms with E-state index in [1.165, 1.54) is 57.8 Å². The van der Waals surface area contributed by atoms with Gasteiger partial charge < -0.3 is 13.9 Å². The average molecular weight is 583 g/mol. The first-order valence-corrected chi connectivity index (χ1v) is 19.2. The van der Waals surface area contributed by atoms with E-state index in [0.29, 0.717) is 19.4 Å². The third kappa shape index (κ3) is 20.3. The zero-order valence-corrected chi connectivity index (χ0v) is 27.7. The van der Waals surface area contributed by atoms with Crippen molar-refractivity contribution in [1.29, 1.82) is 0 Å². The number of ether oxygens (including phenoxy) is 2. The summed E-state index contributed by atoms with van der Waals surface area (Å²) in [5.41, 5.74) is 0. The summed E-state index contributed by atoms with van der Waals surface area (Å²) >= 11 is 0. The quantitative estimate of drug-likeness (QED) is 0.0415. The van der Waals surface area contributed by atoms with Crippen molar-refractivity contribution in [3.05, 3.63) is 12.2 Å². The molecule has 0 radical (unpaired) electrons. The van der Waals surface area contributed by atoms with Gasteiger partial charge in [-0.3, -0.25) is 0 Å². The number of esters is 2. The first-order valence-electron chi connectivity index (χ1n) is 16.7. The van der Waals surface area contributed by atoms with Crippen LogP contribution < -0.4 is 0 Å². The molecule has 0 N–H and O–H groups in total. The molecule has 40 heavy (non-hydrogen) atoms. The van der Waals surface area contributed by atoms with Crippen LogP contribution in [0.1, 0.15) is 150 Å². The molecular formula is C33H62O6Si. The Morgan fingerprint density at radius 2 is 1.02 bits per heavy atom. The lowest BCUT2D eigenvalue weighted by Crippen LogP contribution is -2.44. The highest BCUT2D eigenvalue weighted by molar-refractivity contribution is 6.75. The van der Waals surface area contributed by atoms with Crippen LogP contribution in [-0.4, -0.2) is 38.9 Å². The molecule has 0 spiro atoms. The molecule has 0 saturated carbocycles. The van der Waals surface area contributed by atoms with E-state index in [-0.39, 0.29) is 0 Å². The van der Waals surface area contributed by atoms with Crippen molar-refractivity contribution >= 4 is 26.2 Å². The van der Waals surface area contributed by atoms with E-state index in [2.05, 4.69) is 27.7 Å². The van der Waals surface area contributed by atoms with E-state index in [1.54, 1.807) is 0 Å². The van der Waals surface area contributed by atoms with Gasteiger partial charge in [0.25, 0.3) is 8.32 Å². The summed E-state index contributed by atoms with van der Waals surface area (Å²) in [6.07, 6.45) is 20.3. The van der Waals surface area contributed by atoms with Crippen molar-refractivity contribution in [2.75, 3.05) is 6.61 Å². The molecule has 0 aromatic carbocycles. The highest BCUT2D eigenvalue weighted by Crippen LogP contribution is 2.32.